The highest BCUT2D eigenvalue weighted by Crippen LogP contribution is 2.17. The fourth-order valence-corrected chi connectivity index (χ4v) is 1.85. The smallest absolute Gasteiger partial charge is 0.227 e. The van der Waals surface area contributed by atoms with Crippen molar-refractivity contribution in [2.75, 3.05) is 5.32 Å². The fourth-order valence-electron chi connectivity index (χ4n) is 1.70. The Morgan fingerprint density at radius 3 is 2.56 bits per heavy atom. The lowest BCUT2D eigenvalue weighted by Crippen LogP contribution is -2.22. The zero-order chi connectivity index (χ0) is 13.7. The van der Waals surface area contributed by atoms with Crippen LogP contribution in [0.5, 0.6) is 0 Å². The Bertz CT molecular complexity index is 458. The molecule has 0 atom stereocenters. The number of nitrogens with two attached hydrogens (primary N) is 1. The molecule has 0 heterocycles. The maximum atomic E-state index is 13.4. The SMILES string of the molecule is CCC(CC)C(=O)Nc1ccc(F)c(C(N)=S)c1. The van der Waals surface area contributed by atoms with Crippen LogP contribution in [0.1, 0.15) is 32.3 Å². The largest absolute Gasteiger partial charge is 0.389 e. The second-order valence-corrected chi connectivity index (χ2v) is 4.50. The van der Waals surface area contributed by atoms with Crippen LogP contribution in [0.3, 0.4) is 0 Å². The predicted octanol–water partition coefficient (Wildman–Crippen LogP) is 2.83. The molecule has 0 unspecified atom stereocenters. The van der Waals surface area contributed by atoms with Gasteiger partial charge in [-0.25, -0.2) is 4.39 Å². The number of rotatable bonds is 5. The average Bonchev–Trinajstić information content (AvgIpc) is 2.32. The van der Waals surface area contributed by atoms with Gasteiger partial charge in [-0.1, -0.05) is 26.1 Å². The number of carbonyl (C=O) groups is 1. The van der Waals surface area contributed by atoms with Gasteiger partial charge in [-0.3, -0.25) is 4.79 Å². The molecule has 5 heteroatoms. The van der Waals surface area contributed by atoms with Gasteiger partial charge in [0.05, 0.1) is 0 Å². The summed E-state index contributed by atoms with van der Waals surface area (Å²) >= 11 is 4.75. The minimum absolute atomic E-state index is 0.0221. The molecular weight excluding hydrogens is 251 g/mol. The van der Waals surface area contributed by atoms with E-state index in [9.17, 15) is 9.18 Å². The van der Waals surface area contributed by atoms with Crippen LogP contribution < -0.4 is 11.1 Å². The molecule has 3 nitrogen and oxygen atoms in total. The van der Waals surface area contributed by atoms with Gasteiger partial charge in [0.2, 0.25) is 5.91 Å². The summed E-state index contributed by atoms with van der Waals surface area (Å²) in [5.74, 6) is -0.591. The minimum Gasteiger partial charge on any atom is -0.389 e. The molecule has 0 saturated carbocycles. The fraction of sp³-hybridized carbons (Fsp3) is 0.385. The van der Waals surface area contributed by atoms with Crippen molar-refractivity contribution in [2.24, 2.45) is 11.7 Å². The Labute approximate surface area is 112 Å². The van der Waals surface area contributed by atoms with E-state index in [2.05, 4.69) is 5.32 Å². The van der Waals surface area contributed by atoms with Crippen molar-refractivity contribution in [1.29, 1.82) is 0 Å². The van der Waals surface area contributed by atoms with Gasteiger partial charge in [-0.2, -0.15) is 0 Å². The van der Waals surface area contributed by atoms with Gasteiger partial charge in [0.15, 0.2) is 0 Å². The second-order valence-electron chi connectivity index (χ2n) is 4.06. The maximum absolute atomic E-state index is 13.4. The minimum atomic E-state index is -0.483. The second kappa shape index (κ2) is 6.44. The van der Waals surface area contributed by atoms with Gasteiger partial charge in [-0.05, 0) is 31.0 Å². The number of thiocarbonyl (C=S) groups is 1. The Morgan fingerprint density at radius 2 is 2.06 bits per heavy atom. The monoisotopic (exact) mass is 268 g/mol. The van der Waals surface area contributed by atoms with E-state index in [1.807, 2.05) is 13.8 Å². The van der Waals surface area contributed by atoms with E-state index in [1.165, 1.54) is 18.2 Å². The van der Waals surface area contributed by atoms with Crippen molar-refractivity contribution in [3.63, 3.8) is 0 Å². The summed E-state index contributed by atoms with van der Waals surface area (Å²) in [5, 5.41) is 2.75. The van der Waals surface area contributed by atoms with Crippen LogP contribution in [0.15, 0.2) is 18.2 Å². The molecule has 3 N–H and O–H groups in total. The summed E-state index contributed by atoms with van der Waals surface area (Å²) in [7, 11) is 0. The molecule has 0 saturated heterocycles. The lowest BCUT2D eigenvalue weighted by atomic mass is 10.0. The van der Waals surface area contributed by atoms with Crippen molar-refractivity contribution in [3.05, 3.63) is 29.6 Å². The first-order valence-corrected chi connectivity index (χ1v) is 6.30. The van der Waals surface area contributed by atoms with Crippen LogP contribution in [0.4, 0.5) is 10.1 Å². The molecule has 0 fully saturated rings. The highest BCUT2D eigenvalue weighted by molar-refractivity contribution is 7.80. The van der Waals surface area contributed by atoms with E-state index in [-0.39, 0.29) is 22.4 Å². The van der Waals surface area contributed by atoms with Crippen molar-refractivity contribution < 1.29 is 9.18 Å². The lowest BCUT2D eigenvalue weighted by molar-refractivity contribution is -0.120. The normalized spacial score (nSPS) is 10.4. The van der Waals surface area contributed by atoms with Crippen LogP contribution in [-0.2, 0) is 4.79 Å². The Hall–Kier alpha value is -1.49. The summed E-state index contributed by atoms with van der Waals surface area (Å²) in [5.41, 5.74) is 6.06. The summed E-state index contributed by atoms with van der Waals surface area (Å²) in [6.07, 6.45) is 1.54. The van der Waals surface area contributed by atoms with Crippen LogP contribution in [0.25, 0.3) is 0 Å². The first-order valence-electron chi connectivity index (χ1n) is 5.89. The highest BCUT2D eigenvalue weighted by Gasteiger charge is 2.15. The molecule has 1 amide bonds. The van der Waals surface area contributed by atoms with E-state index in [4.69, 9.17) is 18.0 Å². The summed E-state index contributed by atoms with van der Waals surface area (Å²) < 4.78 is 13.4. The molecular formula is C13H17FN2OS. The Kier molecular flexibility index (Phi) is 5.22. The molecule has 0 aromatic heterocycles. The number of benzene rings is 1. The summed E-state index contributed by atoms with van der Waals surface area (Å²) in [6.45, 7) is 3.91. The van der Waals surface area contributed by atoms with Gasteiger partial charge in [0.1, 0.15) is 10.8 Å². The molecule has 1 aromatic carbocycles. The summed E-state index contributed by atoms with van der Waals surface area (Å²) in [6, 6.07) is 4.20. The van der Waals surface area contributed by atoms with E-state index >= 15 is 0 Å². The number of nitrogens with one attached hydrogen (secondary N) is 1. The third kappa shape index (κ3) is 3.50. The molecule has 0 aliphatic carbocycles. The standard InChI is InChI=1S/C13H17FN2OS/c1-3-8(4-2)13(17)16-9-5-6-11(14)10(7-9)12(15)18/h5-8H,3-4H2,1-2H3,(H2,15,18)(H,16,17). The molecule has 18 heavy (non-hydrogen) atoms. The number of carbonyl (C=O) groups excluding carboxylic acids is 1. The van der Waals surface area contributed by atoms with Crippen molar-refractivity contribution >= 4 is 28.8 Å². The first kappa shape index (κ1) is 14.6. The van der Waals surface area contributed by atoms with Crippen LogP contribution in [-0.4, -0.2) is 10.9 Å². The number of hydrogen-bond acceptors (Lipinski definition) is 2. The highest BCUT2D eigenvalue weighted by atomic mass is 32.1. The zero-order valence-corrected chi connectivity index (χ0v) is 11.3. The molecule has 0 aliphatic heterocycles. The number of hydrogen-bond donors (Lipinski definition) is 2. The molecule has 0 spiro atoms. The topological polar surface area (TPSA) is 55.1 Å². The third-order valence-electron chi connectivity index (χ3n) is 2.86. The lowest BCUT2D eigenvalue weighted by Gasteiger charge is -2.13. The van der Waals surface area contributed by atoms with Gasteiger partial charge in [0, 0.05) is 17.2 Å². The first-order chi connectivity index (χ1) is 8.49. The van der Waals surface area contributed by atoms with Gasteiger partial charge in [-0.15, -0.1) is 0 Å². The van der Waals surface area contributed by atoms with Crippen molar-refractivity contribution in [2.45, 2.75) is 26.7 Å². The van der Waals surface area contributed by atoms with Crippen LogP contribution >= 0.6 is 12.2 Å². The van der Waals surface area contributed by atoms with Crippen molar-refractivity contribution in [1.82, 2.24) is 0 Å². The van der Waals surface area contributed by atoms with E-state index in [0.717, 1.165) is 12.8 Å². The molecule has 1 aromatic rings. The Morgan fingerprint density at radius 1 is 1.44 bits per heavy atom. The van der Waals surface area contributed by atoms with Crippen LogP contribution in [0, 0.1) is 11.7 Å². The average molecular weight is 268 g/mol. The van der Waals surface area contributed by atoms with E-state index in [0.29, 0.717) is 5.69 Å². The zero-order valence-electron chi connectivity index (χ0n) is 10.5. The third-order valence-corrected chi connectivity index (χ3v) is 3.08. The van der Waals surface area contributed by atoms with Gasteiger partial charge in [0.25, 0.3) is 0 Å². The summed E-state index contributed by atoms with van der Waals surface area (Å²) in [4.78, 5) is 11.8. The number of amides is 1. The van der Waals surface area contributed by atoms with E-state index in [1.54, 1.807) is 0 Å². The molecule has 0 bridgehead atoms. The molecule has 0 radical (unpaired) electrons. The Balaban J connectivity index is 2.89. The molecule has 1 rings (SSSR count). The van der Waals surface area contributed by atoms with E-state index < -0.39 is 5.82 Å². The molecule has 0 aliphatic rings. The molecule has 98 valence electrons. The van der Waals surface area contributed by atoms with Crippen molar-refractivity contribution in [3.8, 4) is 0 Å². The number of anilines is 1. The quantitative estimate of drug-likeness (QED) is 0.807. The number of halogens is 1. The van der Waals surface area contributed by atoms with Gasteiger partial charge >= 0.3 is 0 Å². The van der Waals surface area contributed by atoms with Crippen LogP contribution in [0.2, 0.25) is 0 Å². The predicted molar refractivity (Wildman–Crippen MR) is 75.0 cm³/mol. The maximum Gasteiger partial charge on any atom is 0.227 e. The van der Waals surface area contributed by atoms with Gasteiger partial charge < -0.3 is 11.1 Å².